The first-order valence-corrected chi connectivity index (χ1v) is 1.83. The molecule has 0 aromatic rings. The second kappa shape index (κ2) is 3.74. The highest BCUT2D eigenvalue weighted by atomic mass is 19.3. The third-order valence-corrected chi connectivity index (χ3v) is 0.387. The summed E-state index contributed by atoms with van der Waals surface area (Å²) in [6.45, 7) is -0.315. The molecule has 0 atom stereocenters. The van der Waals surface area contributed by atoms with Crippen molar-refractivity contribution in [2.24, 2.45) is 0 Å². The average Bonchev–Trinajstić information content (AvgIpc) is 1.61. The van der Waals surface area contributed by atoms with Crippen LogP contribution in [0.5, 0.6) is 0 Å². The molecular formula is C4H6F2O. The molecule has 0 aromatic carbocycles. The molecule has 42 valence electrons. The first-order valence-electron chi connectivity index (χ1n) is 1.83. The van der Waals surface area contributed by atoms with Gasteiger partial charge in [0.05, 0.1) is 6.61 Å². The van der Waals surface area contributed by atoms with Gasteiger partial charge in [-0.2, -0.15) is 0 Å². The molecule has 1 N–H and O–H groups in total. The Labute approximate surface area is 40.3 Å². The van der Waals surface area contributed by atoms with Crippen LogP contribution in [0.1, 0.15) is 0 Å². The lowest BCUT2D eigenvalue weighted by Crippen LogP contribution is -1.81. The number of hydrogen-bond acceptors (Lipinski definition) is 1. The molecule has 0 aliphatic carbocycles. The largest absolute Gasteiger partial charge is 0.392 e. The van der Waals surface area contributed by atoms with Crippen LogP contribution in [-0.4, -0.2) is 18.1 Å². The monoisotopic (exact) mass is 108 g/mol. The second-order valence-electron chi connectivity index (χ2n) is 0.945. The van der Waals surface area contributed by atoms with E-state index in [0.29, 0.717) is 6.08 Å². The van der Waals surface area contributed by atoms with E-state index < -0.39 is 6.43 Å². The Morgan fingerprint density at radius 2 is 2.14 bits per heavy atom. The third kappa shape index (κ3) is 5.56. The summed E-state index contributed by atoms with van der Waals surface area (Å²) >= 11 is 0. The van der Waals surface area contributed by atoms with Crippen LogP contribution in [0.3, 0.4) is 0 Å². The maximum Gasteiger partial charge on any atom is 0.257 e. The zero-order chi connectivity index (χ0) is 5.70. The molecule has 0 heterocycles. The molecule has 0 saturated carbocycles. The summed E-state index contributed by atoms with van der Waals surface area (Å²) in [5.41, 5.74) is 0. The standard InChI is InChI=1S/C4H6F2O/c5-4(6)2-1-3-7/h1-2,4,7H,3H2/b2-1+. The molecule has 0 bridgehead atoms. The van der Waals surface area contributed by atoms with Crippen LogP contribution in [0.4, 0.5) is 8.78 Å². The predicted octanol–water partition coefficient (Wildman–Crippen LogP) is 0.800. The van der Waals surface area contributed by atoms with Crippen LogP contribution in [0.2, 0.25) is 0 Å². The van der Waals surface area contributed by atoms with Crippen molar-refractivity contribution in [3.63, 3.8) is 0 Å². The first-order chi connectivity index (χ1) is 3.27. The lowest BCUT2D eigenvalue weighted by Gasteiger charge is -1.81. The topological polar surface area (TPSA) is 20.2 Å². The number of alkyl halides is 2. The first kappa shape index (κ1) is 6.56. The van der Waals surface area contributed by atoms with Gasteiger partial charge in [-0.25, -0.2) is 8.78 Å². The Kier molecular flexibility index (Phi) is 3.50. The van der Waals surface area contributed by atoms with Crippen molar-refractivity contribution in [3.8, 4) is 0 Å². The van der Waals surface area contributed by atoms with Crippen molar-refractivity contribution in [1.29, 1.82) is 0 Å². The Morgan fingerprint density at radius 1 is 1.57 bits per heavy atom. The fraction of sp³-hybridized carbons (Fsp3) is 0.500. The molecule has 0 aromatic heterocycles. The number of halogens is 2. The maximum absolute atomic E-state index is 11.0. The van der Waals surface area contributed by atoms with Crippen LogP contribution in [0.15, 0.2) is 12.2 Å². The molecule has 0 spiro atoms. The lowest BCUT2D eigenvalue weighted by atomic mass is 10.5. The average molecular weight is 108 g/mol. The van der Waals surface area contributed by atoms with Gasteiger partial charge in [0, 0.05) is 0 Å². The van der Waals surface area contributed by atoms with Crippen LogP contribution >= 0.6 is 0 Å². The number of hydrogen-bond donors (Lipinski definition) is 1. The smallest absolute Gasteiger partial charge is 0.257 e. The van der Waals surface area contributed by atoms with Gasteiger partial charge >= 0.3 is 0 Å². The number of aliphatic hydroxyl groups is 1. The fourth-order valence-electron chi connectivity index (χ4n) is 0.164. The molecule has 0 rings (SSSR count). The summed E-state index contributed by atoms with van der Waals surface area (Å²) in [7, 11) is 0. The Hall–Kier alpha value is -0.440. The van der Waals surface area contributed by atoms with E-state index in [9.17, 15) is 8.78 Å². The third-order valence-electron chi connectivity index (χ3n) is 0.387. The van der Waals surface area contributed by atoms with Gasteiger partial charge in [0.15, 0.2) is 0 Å². The Morgan fingerprint density at radius 3 is 2.29 bits per heavy atom. The minimum Gasteiger partial charge on any atom is -0.392 e. The van der Waals surface area contributed by atoms with E-state index in [0.717, 1.165) is 6.08 Å². The summed E-state index contributed by atoms with van der Waals surface area (Å²) in [6.07, 6.45) is -0.794. The summed E-state index contributed by atoms with van der Waals surface area (Å²) in [5, 5.41) is 7.90. The van der Waals surface area contributed by atoms with Crippen LogP contribution in [0, 0.1) is 0 Å². The normalized spacial score (nSPS) is 11.4. The van der Waals surface area contributed by atoms with Gasteiger partial charge in [0.2, 0.25) is 0 Å². The van der Waals surface area contributed by atoms with Crippen molar-refractivity contribution in [3.05, 3.63) is 12.2 Å². The number of aliphatic hydroxyl groups excluding tert-OH is 1. The van der Waals surface area contributed by atoms with Crippen molar-refractivity contribution < 1.29 is 13.9 Å². The van der Waals surface area contributed by atoms with E-state index in [4.69, 9.17) is 5.11 Å². The van der Waals surface area contributed by atoms with Crippen molar-refractivity contribution in [2.45, 2.75) is 6.43 Å². The summed E-state index contributed by atoms with van der Waals surface area (Å²) in [5.74, 6) is 0. The molecule has 0 saturated heterocycles. The molecular weight excluding hydrogens is 102 g/mol. The van der Waals surface area contributed by atoms with Gasteiger partial charge in [-0.05, 0) is 6.08 Å². The van der Waals surface area contributed by atoms with Gasteiger partial charge in [-0.3, -0.25) is 0 Å². The summed E-state index contributed by atoms with van der Waals surface area (Å²) in [6, 6.07) is 0. The number of allylic oxidation sites excluding steroid dienone is 1. The molecule has 0 fully saturated rings. The minimum atomic E-state index is -2.44. The molecule has 0 aliphatic heterocycles. The van der Waals surface area contributed by atoms with Gasteiger partial charge in [0.1, 0.15) is 0 Å². The number of rotatable bonds is 2. The van der Waals surface area contributed by atoms with Crippen LogP contribution in [0.25, 0.3) is 0 Å². The molecule has 0 aliphatic rings. The zero-order valence-corrected chi connectivity index (χ0v) is 3.64. The molecule has 7 heavy (non-hydrogen) atoms. The molecule has 0 radical (unpaired) electrons. The van der Waals surface area contributed by atoms with Gasteiger partial charge in [0.25, 0.3) is 6.43 Å². The lowest BCUT2D eigenvalue weighted by molar-refractivity contribution is 0.202. The van der Waals surface area contributed by atoms with Gasteiger partial charge in [-0.1, -0.05) is 6.08 Å². The SMILES string of the molecule is OC/C=C/C(F)F. The molecule has 3 heteroatoms. The predicted molar refractivity (Wildman–Crippen MR) is 22.2 cm³/mol. The van der Waals surface area contributed by atoms with Crippen molar-refractivity contribution in [2.75, 3.05) is 6.61 Å². The minimum absolute atomic E-state index is 0.315. The Balaban J connectivity index is 3.08. The summed E-state index contributed by atoms with van der Waals surface area (Å²) in [4.78, 5) is 0. The fourth-order valence-corrected chi connectivity index (χ4v) is 0.164. The zero-order valence-electron chi connectivity index (χ0n) is 3.64. The van der Waals surface area contributed by atoms with E-state index in [1.54, 1.807) is 0 Å². The quantitative estimate of drug-likeness (QED) is 0.519. The highest BCUT2D eigenvalue weighted by Crippen LogP contribution is 1.91. The highest BCUT2D eigenvalue weighted by molar-refractivity contribution is 4.82. The summed E-state index contributed by atoms with van der Waals surface area (Å²) < 4.78 is 22.0. The molecule has 0 unspecified atom stereocenters. The second-order valence-corrected chi connectivity index (χ2v) is 0.945. The Bertz CT molecular complexity index is 60.7. The van der Waals surface area contributed by atoms with E-state index >= 15 is 0 Å². The van der Waals surface area contributed by atoms with E-state index in [2.05, 4.69) is 0 Å². The highest BCUT2D eigenvalue weighted by Gasteiger charge is 1.89. The van der Waals surface area contributed by atoms with E-state index in [1.165, 1.54) is 0 Å². The van der Waals surface area contributed by atoms with Crippen molar-refractivity contribution in [1.82, 2.24) is 0 Å². The van der Waals surface area contributed by atoms with Crippen LogP contribution in [-0.2, 0) is 0 Å². The maximum atomic E-state index is 11.0. The van der Waals surface area contributed by atoms with Crippen molar-refractivity contribution >= 4 is 0 Å². The van der Waals surface area contributed by atoms with E-state index in [-0.39, 0.29) is 6.61 Å². The van der Waals surface area contributed by atoms with Crippen LogP contribution < -0.4 is 0 Å². The van der Waals surface area contributed by atoms with Gasteiger partial charge < -0.3 is 5.11 Å². The van der Waals surface area contributed by atoms with Gasteiger partial charge in [-0.15, -0.1) is 0 Å². The van der Waals surface area contributed by atoms with E-state index in [1.807, 2.05) is 0 Å². The molecule has 0 amide bonds. The molecule has 1 nitrogen and oxygen atoms in total.